The zero-order chi connectivity index (χ0) is 20.8. The van der Waals surface area contributed by atoms with Crippen molar-refractivity contribution in [2.75, 3.05) is 5.75 Å². The summed E-state index contributed by atoms with van der Waals surface area (Å²) in [6, 6.07) is 23.6. The summed E-state index contributed by atoms with van der Waals surface area (Å²) in [4.78, 5) is 12.5. The van der Waals surface area contributed by atoms with Crippen molar-refractivity contribution in [1.82, 2.24) is 20.1 Å². The molecule has 0 saturated carbocycles. The molecule has 2 aromatic heterocycles. The second-order valence-electron chi connectivity index (χ2n) is 6.84. The summed E-state index contributed by atoms with van der Waals surface area (Å²) in [6.45, 7) is 2.57. The van der Waals surface area contributed by atoms with Crippen LogP contribution in [0.15, 0.2) is 88.6 Å². The Kier molecular flexibility index (Phi) is 6.29. The van der Waals surface area contributed by atoms with Gasteiger partial charge in [0.15, 0.2) is 10.9 Å². The summed E-state index contributed by atoms with van der Waals surface area (Å²) in [5, 5.41) is 12.3. The van der Waals surface area contributed by atoms with E-state index in [0.717, 1.165) is 11.1 Å². The van der Waals surface area contributed by atoms with Crippen molar-refractivity contribution in [3.05, 3.63) is 90.2 Å². The van der Waals surface area contributed by atoms with Gasteiger partial charge in [-0.15, -0.1) is 10.2 Å². The Bertz CT molecular complexity index is 1080. The highest BCUT2D eigenvalue weighted by molar-refractivity contribution is 7.99. The predicted octanol–water partition coefficient (Wildman–Crippen LogP) is 4.56. The molecule has 4 aromatic rings. The molecular weight excluding hydrogens is 396 g/mol. The van der Waals surface area contributed by atoms with Crippen LogP contribution in [0, 0.1) is 0 Å². The van der Waals surface area contributed by atoms with E-state index >= 15 is 0 Å². The Labute approximate surface area is 179 Å². The van der Waals surface area contributed by atoms with Crippen molar-refractivity contribution in [2.24, 2.45) is 0 Å². The van der Waals surface area contributed by atoms with Crippen LogP contribution < -0.4 is 5.32 Å². The number of hydrogen-bond acceptors (Lipinski definition) is 5. The molecule has 0 radical (unpaired) electrons. The fourth-order valence-corrected chi connectivity index (χ4v) is 3.88. The zero-order valence-corrected chi connectivity index (χ0v) is 17.4. The van der Waals surface area contributed by atoms with Crippen LogP contribution in [0.5, 0.6) is 0 Å². The van der Waals surface area contributed by atoms with E-state index in [2.05, 4.69) is 27.6 Å². The van der Waals surface area contributed by atoms with Gasteiger partial charge < -0.3 is 9.73 Å². The number of amides is 1. The van der Waals surface area contributed by atoms with E-state index in [1.165, 1.54) is 11.8 Å². The van der Waals surface area contributed by atoms with Crippen molar-refractivity contribution in [2.45, 2.75) is 24.7 Å². The molecule has 2 aromatic carbocycles. The highest BCUT2D eigenvalue weighted by atomic mass is 32.2. The Morgan fingerprint density at radius 2 is 1.77 bits per heavy atom. The lowest BCUT2D eigenvalue weighted by molar-refractivity contribution is -0.119. The molecule has 4 rings (SSSR count). The monoisotopic (exact) mass is 418 g/mol. The van der Waals surface area contributed by atoms with E-state index in [0.29, 0.717) is 23.3 Å². The molecule has 6 nitrogen and oxygen atoms in total. The number of rotatable bonds is 8. The molecule has 0 spiro atoms. The third-order valence-corrected chi connectivity index (χ3v) is 5.62. The van der Waals surface area contributed by atoms with E-state index in [-0.39, 0.29) is 17.7 Å². The van der Waals surface area contributed by atoms with Gasteiger partial charge in [-0.1, -0.05) is 72.4 Å². The number of aromatic nitrogens is 3. The first kappa shape index (κ1) is 20.0. The third kappa shape index (κ3) is 4.80. The first-order chi connectivity index (χ1) is 14.7. The molecule has 0 aliphatic carbocycles. The van der Waals surface area contributed by atoms with Crippen molar-refractivity contribution in [3.63, 3.8) is 0 Å². The minimum absolute atomic E-state index is 0.0508. The van der Waals surface area contributed by atoms with Gasteiger partial charge in [0.25, 0.3) is 0 Å². The van der Waals surface area contributed by atoms with Crippen LogP contribution in [0.1, 0.15) is 24.1 Å². The average molecular weight is 419 g/mol. The zero-order valence-electron chi connectivity index (χ0n) is 16.6. The van der Waals surface area contributed by atoms with Gasteiger partial charge >= 0.3 is 0 Å². The van der Waals surface area contributed by atoms with Gasteiger partial charge in [-0.05, 0) is 30.2 Å². The maximum absolute atomic E-state index is 12.5. The predicted molar refractivity (Wildman–Crippen MR) is 117 cm³/mol. The van der Waals surface area contributed by atoms with E-state index in [9.17, 15) is 4.79 Å². The molecule has 0 aliphatic heterocycles. The van der Waals surface area contributed by atoms with Gasteiger partial charge in [-0.25, -0.2) is 0 Å². The molecule has 1 amide bonds. The fraction of sp³-hybridized carbons (Fsp3) is 0.174. The van der Waals surface area contributed by atoms with Crippen molar-refractivity contribution in [1.29, 1.82) is 0 Å². The SMILES string of the molecule is CC(NC(=O)CSc1nnc(-c2ccco2)n1Cc1ccccc1)c1ccccc1. The number of thioether (sulfide) groups is 1. The summed E-state index contributed by atoms with van der Waals surface area (Å²) >= 11 is 1.37. The lowest BCUT2D eigenvalue weighted by Gasteiger charge is -2.14. The molecule has 30 heavy (non-hydrogen) atoms. The molecule has 0 saturated heterocycles. The number of furan rings is 1. The molecule has 0 aliphatic rings. The second kappa shape index (κ2) is 9.45. The van der Waals surface area contributed by atoms with Crippen LogP contribution >= 0.6 is 11.8 Å². The number of hydrogen-bond donors (Lipinski definition) is 1. The van der Waals surface area contributed by atoms with Crippen LogP contribution in [-0.4, -0.2) is 26.4 Å². The minimum atomic E-state index is -0.0554. The van der Waals surface area contributed by atoms with Gasteiger partial charge in [0.1, 0.15) is 0 Å². The highest BCUT2D eigenvalue weighted by Gasteiger charge is 2.18. The molecule has 0 bridgehead atoms. The number of nitrogens with zero attached hydrogens (tertiary/aromatic N) is 3. The Balaban J connectivity index is 1.47. The second-order valence-corrected chi connectivity index (χ2v) is 7.79. The highest BCUT2D eigenvalue weighted by Crippen LogP contribution is 2.25. The number of benzene rings is 2. The topological polar surface area (TPSA) is 73.0 Å². The van der Waals surface area contributed by atoms with Crippen LogP contribution in [-0.2, 0) is 11.3 Å². The third-order valence-electron chi connectivity index (χ3n) is 4.65. The minimum Gasteiger partial charge on any atom is -0.461 e. The Hall–Kier alpha value is -3.32. The van der Waals surface area contributed by atoms with Crippen LogP contribution in [0.25, 0.3) is 11.6 Å². The lowest BCUT2D eigenvalue weighted by Crippen LogP contribution is -2.28. The van der Waals surface area contributed by atoms with Crippen LogP contribution in [0.4, 0.5) is 0 Å². The number of carbonyl (C=O) groups is 1. The quantitative estimate of drug-likeness (QED) is 0.425. The molecule has 0 fully saturated rings. The maximum Gasteiger partial charge on any atom is 0.230 e. The van der Waals surface area contributed by atoms with Crippen molar-refractivity contribution < 1.29 is 9.21 Å². The summed E-state index contributed by atoms with van der Waals surface area (Å²) in [6.07, 6.45) is 1.61. The molecular formula is C23H22N4O2S. The van der Waals surface area contributed by atoms with Crippen molar-refractivity contribution in [3.8, 4) is 11.6 Å². The van der Waals surface area contributed by atoms with Gasteiger partial charge in [-0.2, -0.15) is 0 Å². The van der Waals surface area contributed by atoms with Gasteiger partial charge in [0.05, 0.1) is 24.6 Å². The van der Waals surface area contributed by atoms with Crippen molar-refractivity contribution >= 4 is 17.7 Å². The lowest BCUT2D eigenvalue weighted by atomic mass is 10.1. The fourth-order valence-electron chi connectivity index (χ4n) is 3.13. The first-order valence-corrected chi connectivity index (χ1v) is 10.7. The molecule has 7 heteroatoms. The summed E-state index contributed by atoms with van der Waals surface area (Å²) < 4.78 is 7.51. The standard InChI is InChI=1S/C23H22N4O2S/c1-17(19-11-6-3-7-12-19)24-21(28)16-30-23-26-25-22(20-13-8-14-29-20)27(23)15-18-9-4-2-5-10-18/h2-14,17H,15-16H2,1H3,(H,24,28). The number of nitrogens with one attached hydrogen (secondary N) is 1. The number of carbonyl (C=O) groups excluding carboxylic acids is 1. The van der Waals surface area contributed by atoms with Gasteiger partial charge in [0, 0.05) is 0 Å². The van der Waals surface area contributed by atoms with Gasteiger partial charge in [0.2, 0.25) is 11.7 Å². The Morgan fingerprint density at radius 1 is 1.03 bits per heavy atom. The van der Waals surface area contributed by atoms with Crippen LogP contribution in [0.3, 0.4) is 0 Å². The largest absolute Gasteiger partial charge is 0.461 e. The normalized spacial score (nSPS) is 11.9. The smallest absolute Gasteiger partial charge is 0.230 e. The summed E-state index contributed by atoms with van der Waals surface area (Å²) in [7, 11) is 0. The molecule has 152 valence electrons. The molecule has 1 unspecified atom stereocenters. The Morgan fingerprint density at radius 3 is 2.47 bits per heavy atom. The van der Waals surface area contributed by atoms with E-state index in [1.54, 1.807) is 6.26 Å². The van der Waals surface area contributed by atoms with Gasteiger partial charge in [-0.3, -0.25) is 9.36 Å². The van der Waals surface area contributed by atoms with E-state index in [4.69, 9.17) is 4.42 Å². The van der Waals surface area contributed by atoms with Crippen LogP contribution in [0.2, 0.25) is 0 Å². The molecule has 2 heterocycles. The molecule has 1 atom stereocenters. The van der Waals surface area contributed by atoms with E-state index < -0.39 is 0 Å². The van der Waals surface area contributed by atoms with E-state index in [1.807, 2.05) is 72.2 Å². The summed E-state index contributed by atoms with van der Waals surface area (Å²) in [5.41, 5.74) is 2.19. The maximum atomic E-state index is 12.5. The first-order valence-electron chi connectivity index (χ1n) is 9.69. The summed E-state index contributed by atoms with van der Waals surface area (Å²) in [5.74, 6) is 1.49. The molecule has 1 N–H and O–H groups in total. The average Bonchev–Trinajstić information content (AvgIpc) is 3.44.